The van der Waals surface area contributed by atoms with Crippen molar-refractivity contribution in [2.45, 2.75) is 39.2 Å². The number of hydrogen-bond donors (Lipinski definition) is 0. The second kappa shape index (κ2) is 5.79. The SMILES string of the molecule is Cc1ccc(C(C)C)cc1C(=O)N(C)C1CCS(=O)(=O)C1. The lowest BCUT2D eigenvalue weighted by atomic mass is 9.97. The Bertz CT molecular complexity index is 649. The molecule has 2 rings (SSSR count). The van der Waals surface area contributed by atoms with E-state index in [2.05, 4.69) is 13.8 Å². The summed E-state index contributed by atoms with van der Waals surface area (Å²) < 4.78 is 23.2. The summed E-state index contributed by atoms with van der Waals surface area (Å²) in [6.45, 7) is 6.09. The van der Waals surface area contributed by atoms with Crippen LogP contribution in [0.25, 0.3) is 0 Å². The lowest BCUT2D eigenvalue weighted by molar-refractivity contribution is 0.0747. The van der Waals surface area contributed by atoms with E-state index in [4.69, 9.17) is 0 Å². The Morgan fingerprint density at radius 1 is 1.33 bits per heavy atom. The quantitative estimate of drug-likeness (QED) is 0.861. The molecule has 1 aliphatic rings. The third kappa shape index (κ3) is 3.46. The Morgan fingerprint density at radius 2 is 2.00 bits per heavy atom. The van der Waals surface area contributed by atoms with Gasteiger partial charge in [-0.25, -0.2) is 8.42 Å². The maximum atomic E-state index is 12.7. The van der Waals surface area contributed by atoms with Crippen LogP contribution in [0.4, 0.5) is 0 Å². The highest BCUT2D eigenvalue weighted by atomic mass is 32.2. The Labute approximate surface area is 127 Å². The Balaban J connectivity index is 2.25. The Hall–Kier alpha value is -1.36. The van der Waals surface area contributed by atoms with Gasteiger partial charge in [-0.15, -0.1) is 0 Å². The average molecular weight is 309 g/mol. The highest BCUT2D eigenvalue weighted by Crippen LogP contribution is 2.23. The van der Waals surface area contributed by atoms with Crippen molar-refractivity contribution in [2.75, 3.05) is 18.6 Å². The van der Waals surface area contributed by atoms with Gasteiger partial charge >= 0.3 is 0 Å². The minimum Gasteiger partial charge on any atom is -0.338 e. The van der Waals surface area contributed by atoms with Crippen LogP contribution in [-0.4, -0.2) is 43.8 Å². The molecule has 0 aromatic heterocycles. The van der Waals surface area contributed by atoms with Crippen LogP contribution in [0.3, 0.4) is 0 Å². The van der Waals surface area contributed by atoms with Gasteiger partial charge in [0, 0.05) is 18.7 Å². The van der Waals surface area contributed by atoms with Gasteiger partial charge in [-0.1, -0.05) is 26.0 Å². The number of rotatable bonds is 3. The molecular weight excluding hydrogens is 286 g/mol. The molecule has 116 valence electrons. The van der Waals surface area contributed by atoms with E-state index in [0.717, 1.165) is 11.1 Å². The topological polar surface area (TPSA) is 54.5 Å². The predicted molar refractivity (Wildman–Crippen MR) is 84.4 cm³/mol. The van der Waals surface area contributed by atoms with Gasteiger partial charge in [0.05, 0.1) is 11.5 Å². The van der Waals surface area contributed by atoms with Crippen LogP contribution < -0.4 is 0 Å². The second-order valence-corrected chi connectivity index (χ2v) is 8.43. The van der Waals surface area contributed by atoms with Gasteiger partial charge in [-0.2, -0.15) is 0 Å². The molecule has 1 amide bonds. The fourth-order valence-electron chi connectivity index (χ4n) is 2.67. The maximum Gasteiger partial charge on any atom is 0.254 e. The molecule has 4 nitrogen and oxygen atoms in total. The van der Waals surface area contributed by atoms with Crippen molar-refractivity contribution in [3.8, 4) is 0 Å². The lowest BCUT2D eigenvalue weighted by Crippen LogP contribution is -2.38. The molecule has 0 N–H and O–H groups in total. The molecule has 21 heavy (non-hydrogen) atoms. The zero-order valence-corrected chi connectivity index (χ0v) is 13.9. The van der Waals surface area contributed by atoms with Crippen molar-refractivity contribution in [2.24, 2.45) is 0 Å². The van der Waals surface area contributed by atoms with Gasteiger partial charge in [-0.05, 0) is 36.5 Å². The summed E-state index contributed by atoms with van der Waals surface area (Å²) in [5.41, 5.74) is 2.72. The summed E-state index contributed by atoms with van der Waals surface area (Å²) in [6, 6.07) is 5.73. The molecule has 1 aliphatic heterocycles. The van der Waals surface area contributed by atoms with Crippen LogP contribution in [0.1, 0.15) is 47.7 Å². The highest BCUT2D eigenvalue weighted by Gasteiger charge is 2.33. The van der Waals surface area contributed by atoms with E-state index in [0.29, 0.717) is 17.9 Å². The van der Waals surface area contributed by atoms with Gasteiger partial charge < -0.3 is 4.90 Å². The molecule has 1 aromatic rings. The highest BCUT2D eigenvalue weighted by molar-refractivity contribution is 7.91. The smallest absolute Gasteiger partial charge is 0.254 e. The Kier molecular flexibility index (Phi) is 4.42. The van der Waals surface area contributed by atoms with Crippen molar-refractivity contribution in [1.29, 1.82) is 0 Å². The van der Waals surface area contributed by atoms with Crippen molar-refractivity contribution >= 4 is 15.7 Å². The summed E-state index contributed by atoms with van der Waals surface area (Å²) >= 11 is 0. The zero-order chi connectivity index (χ0) is 15.8. The van der Waals surface area contributed by atoms with Crippen LogP contribution in [0.2, 0.25) is 0 Å². The summed E-state index contributed by atoms with van der Waals surface area (Å²) in [4.78, 5) is 14.3. The molecule has 5 heteroatoms. The first-order valence-electron chi connectivity index (χ1n) is 7.29. The van der Waals surface area contributed by atoms with Crippen LogP contribution in [-0.2, 0) is 9.84 Å². The molecule has 0 aliphatic carbocycles. The Morgan fingerprint density at radius 3 is 2.52 bits per heavy atom. The number of carbonyl (C=O) groups is 1. The number of amides is 1. The fourth-order valence-corrected chi connectivity index (χ4v) is 4.44. The molecule has 1 unspecified atom stereocenters. The molecule has 0 radical (unpaired) electrons. The zero-order valence-electron chi connectivity index (χ0n) is 13.1. The van der Waals surface area contributed by atoms with Crippen molar-refractivity contribution in [1.82, 2.24) is 4.90 Å². The third-order valence-electron chi connectivity index (χ3n) is 4.24. The van der Waals surface area contributed by atoms with E-state index in [9.17, 15) is 13.2 Å². The normalized spacial score (nSPS) is 20.7. The van der Waals surface area contributed by atoms with Crippen molar-refractivity contribution in [3.05, 3.63) is 34.9 Å². The minimum atomic E-state index is -2.98. The average Bonchev–Trinajstić information content (AvgIpc) is 2.77. The molecular formula is C16H23NO3S. The molecule has 0 spiro atoms. The number of aryl methyl sites for hydroxylation is 1. The van der Waals surface area contributed by atoms with Gasteiger partial charge in [0.2, 0.25) is 0 Å². The molecule has 1 atom stereocenters. The number of carbonyl (C=O) groups excluding carboxylic acids is 1. The second-order valence-electron chi connectivity index (χ2n) is 6.20. The number of sulfone groups is 1. The number of hydrogen-bond acceptors (Lipinski definition) is 3. The number of nitrogens with zero attached hydrogens (tertiary/aromatic N) is 1. The predicted octanol–water partition coefficient (Wildman–Crippen LogP) is 2.38. The van der Waals surface area contributed by atoms with Crippen LogP contribution in [0, 0.1) is 6.92 Å². The molecule has 0 bridgehead atoms. The van der Waals surface area contributed by atoms with Crippen molar-refractivity contribution in [3.63, 3.8) is 0 Å². The van der Waals surface area contributed by atoms with Crippen LogP contribution in [0.15, 0.2) is 18.2 Å². The van der Waals surface area contributed by atoms with Gasteiger partial charge in [0.15, 0.2) is 9.84 Å². The van der Waals surface area contributed by atoms with Crippen LogP contribution >= 0.6 is 0 Å². The van der Waals surface area contributed by atoms with Crippen molar-refractivity contribution < 1.29 is 13.2 Å². The monoisotopic (exact) mass is 309 g/mol. The first-order chi connectivity index (χ1) is 9.71. The van der Waals surface area contributed by atoms with Gasteiger partial charge in [0.25, 0.3) is 5.91 Å². The molecule has 1 heterocycles. The standard InChI is InChI=1S/C16H23NO3S/c1-11(2)13-6-5-12(3)15(9-13)16(18)17(4)14-7-8-21(19,20)10-14/h5-6,9,11,14H,7-8,10H2,1-4H3. The molecule has 1 aromatic carbocycles. The molecule has 1 saturated heterocycles. The van der Waals surface area contributed by atoms with E-state index >= 15 is 0 Å². The number of benzene rings is 1. The van der Waals surface area contributed by atoms with Crippen LogP contribution in [0.5, 0.6) is 0 Å². The van der Waals surface area contributed by atoms with E-state index < -0.39 is 9.84 Å². The lowest BCUT2D eigenvalue weighted by Gasteiger charge is -2.24. The van der Waals surface area contributed by atoms with E-state index in [1.165, 1.54) is 0 Å². The summed E-state index contributed by atoms with van der Waals surface area (Å²) in [6.07, 6.45) is 0.535. The summed E-state index contributed by atoms with van der Waals surface area (Å²) in [7, 11) is -1.28. The van der Waals surface area contributed by atoms with E-state index in [1.807, 2.05) is 25.1 Å². The first kappa shape index (κ1) is 16.0. The van der Waals surface area contributed by atoms with E-state index in [-0.39, 0.29) is 23.5 Å². The fraction of sp³-hybridized carbons (Fsp3) is 0.562. The maximum absolute atomic E-state index is 12.7. The van der Waals surface area contributed by atoms with E-state index in [1.54, 1.807) is 11.9 Å². The summed E-state index contributed by atoms with van der Waals surface area (Å²) in [5, 5.41) is 0. The largest absolute Gasteiger partial charge is 0.338 e. The first-order valence-corrected chi connectivity index (χ1v) is 9.11. The summed E-state index contributed by atoms with van der Waals surface area (Å²) in [5.74, 6) is 0.532. The molecule has 1 fully saturated rings. The minimum absolute atomic E-state index is 0.0815. The third-order valence-corrected chi connectivity index (χ3v) is 5.99. The van der Waals surface area contributed by atoms with Gasteiger partial charge in [-0.3, -0.25) is 4.79 Å². The molecule has 0 saturated carbocycles. The van der Waals surface area contributed by atoms with Gasteiger partial charge in [0.1, 0.15) is 0 Å².